The second kappa shape index (κ2) is 16.2. The van der Waals surface area contributed by atoms with Gasteiger partial charge in [0.1, 0.15) is 6.54 Å². The highest BCUT2D eigenvalue weighted by atomic mass is 31.2. The molecule has 0 rings (SSSR count). The Balaban J connectivity index is 3.77. The maximum absolute atomic E-state index is 11.8. The molecule has 0 fully saturated rings. The second-order valence-corrected chi connectivity index (χ2v) is 11.6. The zero-order valence-corrected chi connectivity index (χ0v) is 21.0. The molecule has 0 aromatic heterocycles. The van der Waals surface area contributed by atoms with Crippen molar-refractivity contribution >= 4 is 7.60 Å². The molecule has 5 nitrogen and oxygen atoms in total. The molecule has 0 aliphatic rings. The van der Waals surface area contributed by atoms with Gasteiger partial charge in [-0.3, -0.25) is 4.57 Å². The Morgan fingerprint density at radius 1 is 0.733 bits per heavy atom. The predicted octanol–water partition coefficient (Wildman–Crippen LogP) is 6.15. The smallest absolute Gasteiger partial charge is 0.362 e. The lowest BCUT2D eigenvalue weighted by Crippen LogP contribution is -2.49. The first-order valence-electron chi connectivity index (χ1n) is 11.9. The lowest BCUT2D eigenvalue weighted by atomic mass is 10.1. The van der Waals surface area contributed by atoms with E-state index in [9.17, 15) is 19.5 Å². The molecule has 3 N–H and O–H groups in total. The van der Waals surface area contributed by atoms with Gasteiger partial charge >= 0.3 is 7.60 Å². The zero-order chi connectivity index (χ0) is 22.9. The molecule has 0 aromatic carbocycles. The molecular weight excluding hydrogens is 397 g/mol. The average molecular weight is 447 g/mol. The minimum absolute atomic E-state index is 0.0497. The van der Waals surface area contributed by atoms with E-state index in [0.717, 1.165) is 38.5 Å². The van der Waals surface area contributed by atoms with Crippen molar-refractivity contribution in [2.24, 2.45) is 0 Å². The third-order valence-electron chi connectivity index (χ3n) is 5.27. The molecule has 0 radical (unpaired) electrons. The summed E-state index contributed by atoms with van der Waals surface area (Å²) < 4.78 is 12.1. The number of hydrogen-bond donors (Lipinski definition) is 3. The van der Waals surface area contributed by atoms with Gasteiger partial charge < -0.3 is 19.4 Å². The van der Waals surface area contributed by atoms with Crippen LogP contribution in [0.25, 0.3) is 0 Å². The molecule has 6 heteroatoms. The SMILES string of the molecule is CCCCCC/C=C\CCC/C=C\CCCCCCC(O)(C[N+](C)(C)C)P(=O)(O)O. The van der Waals surface area contributed by atoms with Gasteiger partial charge in [-0.2, -0.15) is 0 Å². The molecule has 178 valence electrons. The first-order valence-corrected chi connectivity index (χ1v) is 13.5. The molecule has 30 heavy (non-hydrogen) atoms. The normalized spacial score (nSPS) is 15.3. The summed E-state index contributed by atoms with van der Waals surface area (Å²) in [5.74, 6) is 0. The molecule has 0 heterocycles. The number of allylic oxidation sites excluding steroid dienone is 4. The minimum atomic E-state index is -4.55. The highest BCUT2D eigenvalue weighted by Crippen LogP contribution is 2.52. The van der Waals surface area contributed by atoms with Crippen LogP contribution in [0.4, 0.5) is 0 Å². The number of rotatable bonds is 19. The number of aliphatic hydroxyl groups is 1. The molecule has 0 aliphatic carbocycles. The Bertz CT molecular complexity index is 522. The maximum Gasteiger partial charge on any atom is 0.362 e. The summed E-state index contributed by atoms with van der Waals surface area (Å²) in [5.41, 5.74) is 0. The standard InChI is InChI=1S/C24H48NO4P/c1-5-6-7-8-9-10-11-12-13-14-15-16-17-18-19-20-21-22-24(26,30(27,28)29)23-25(2,3)4/h10-11,15-16,26H,5-9,12-14,17-23H2,1-4H3,(H-,27,28,29)/p+1/b11-10-,16-15-. The molecule has 0 aromatic rings. The van der Waals surface area contributed by atoms with Gasteiger partial charge in [0.2, 0.25) is 5.34 Å². The monoisotopic (exact) mass is 446 g/mol. The van der Waals surface area contributed by atoms with E-state index in [4.69, 9.17) is 0 Å². The Kier molecular flexibility index (Phi) is 16.0. The number of hydrogen-bond acceptors (Lipinski definition) is 2. The summed E-state index contributed by atoms with van der Waals surface area (Å²) in [5, 5.41) is 8.59. The third kappa shape index (κ3) is 16.3. The first kappa shape index (κ1) is 29.5. The summed E-state index contributed by atoms with van der Waals surface area (Å²) in [6.45, 7) is 2.29. The summed E-state index contributed by atoms with van der Waals surface area (Å²) >= 11 is 0. The van der Waals surface area contributed by atoms with E-state index >= 15 is 0 Å². The highest BCUT2D eigenvalue weighted by molar-refractivity contribution is 7.53. The van der Waals surface area contributed by atoms with Crippen LogP contribution >= 0.6 is 7.60 Å². The van der Waals surface area contributed by atoms with E-state index in [1.165, 1.54) is 38.5 Å². The summed E-state index contributed by atoms with van der Waals surface area (Å²) in [6, 6.07) is 0. The van der Waals surface area contributed by atoms with Crippen LogP contribution in [0.2, 0.25) is 0 Å². The van der Waals surface area contributed by atoms with Gasteiger partial charge in [-0.05, 0) is 57.8 Å². The van der Waals surface area contributed by atoms with Crippen molar-refractivity contribution in [2.45, 2.75) is 102 Å². The molecule has 1 atom stereocenters. The van der Waals surface area contributed by atoms with E-state index in [-0.39, 0.29) is 13.0 Å². The number of quaternary nitrogens is 1. The molecule has 0 saturated carbocycles. The summed E-state index contributed by atoms with van der Waals surface area (Å²) in [6.07, 6.45) is 24.0. The second-order valence-electron chi connectivity index (χ2n) is 9.65. The van der Waals surface area contributed by atoms with Crippen LogP contribution in [0, 0.1) is 0 Å². The molecule has 0 aliphatic heterocycles. The van der Waals surface area contributed by atoms with E-state index in [2.05, 4.69) is 31.2 Å². The van der Waals surface area contributed by atoms with E-state index in [0.29, 0.717) is 10.9 Å². The number of unbranched alkanes of at least 4 members (excludes halogenated alkanes) is 10. The molecular formula is C24H49NO4P+. The van der Waals surface area contributed by atoms with Crippen LogP contribution in [0.3, 0.4) is 0 Å². The van der Waals surface area contributed by atoms with Gasteiger partial charge in [-0.1, -0.05) is 63.3 Å². The van der Waals surface area contributed by atoms with Crippen molar-refractivity contribution in [2.75, 3.05) is 27.7 Å². The largest absolute Gasteiger partial charge is 0.373 e. The summed E-state index contributed by atoms with van der Waals surface area (Å²) in [4.78, 5) is 19.1. The van der Waals surface area contributed by atoms with Crippen LogP contribution in [-0.4, -0.2) is 52.4 Å². The molecule has 0 spiro atoms. The quantitative estimate of drug-likeness (QED) is 0.0962. The minimum Gasteiger partial charge on any atom is -0.373 e. The van der Waals surface area contributed by atoms with Crippen LogP contribution < -0.4 is 0 Å². The predicted molar refractivity (Wildman–Crippen MR) is 128 cm³/mol. The fourth-order valence-electron chi connectivity index (χ4n) is 3.61. The highest BCUT2D eigenvalue weighted by Gasteiger charge is 2.48. The Morgan fingerprint density at radius 3 is 1.60 bits per heavy atom. The lowest BCUT2D eigenvalue weighted by Gasteiger charge is -2.35. The van der Waals surface area contributed by atoms with Crippen LogP contribution in [0.5, 0.6) is 0 Å². The van der Waals surface area contributed by atoms with Gasteiger partial charge in [0.05, 0.1) is 21.1 Å². The lowest BCUT2D eigenvalue weighted by molar-refractivity contribution is -0.875. The van der Waals surface area contributed by atoms with Crippen molar-refractivity contribution in [3.05, 3.63) is 24.3 Å². The zero-order valence-electron chi connectivity index (χ0n) is 20.1. The van der Waals surface area contributed by atoms with Crippen molar-refractivity contribution in [1.29, 1.82) is 0 Å². The van der Waals surface area contributed by atoms with Crippen molar-refractivity contribution in [1.82, 2.24) is 0 Å². The molecule has 0 amide bonds. The topological polar surface area (TPSA) is 77.8 Å². The molecule has 0 saturated heterocycles. The van der Waals surface area contributed by atoms with Crippen molar-refractivity contribution < 1.29 is 23.9 Å². The first-order chi connectivity index (χ1) is 14.0. The van der Waals surface area contributed by atoms with Gasteiger partial charge in [-0.25, -0.2) is 0 Å². The van der Waals surface area contributed by atoms with Gasteiger partial charge in [0.25, 0.3) is 0 Å². The Labute approximate surface area is 186 Å². The average Bonchev–Trinajstić information content (AvgIpc) is 2.62. The Morgan fingerprint density at radius 2 is 1.17 bits per heavy atom. The van der Waals surface area contributed by atoms with Gasteiger partial charge in [0.15, 0.2) is 0 Å². The molecule has 0 bridgehead atoms. The fraction of sp³-hybridized carbons (Fsp3) is 0.833. The fourth-order valence-corrected chi connectivity index (χ4v) is 4.67. The van der Waals surface area contributed by atoms with E-state index < -0.39 is 12.9 Å². The number of likely N-dealkylation sites (N-methyl/N-ethyl adjacent to an activating group) is 1. The molecule has 1 unspecified atom stereocenters. The maximum atomic E-state index is 11.8. The van der Waals surface area contributed by atoms with Crippen molar-refractivity contribution in [3.63, 3.8) is 0 Å². The third-order valence-corrected chi connectivity index (χ3v) is 6.72. The van der Waals surface area contributed by atoms with E-state index in [1.807, 2.05) is 21.1 Å². The number of nitrogens with zero attached hydrogens (tertiary/aromatic N) is 1. The summed E-state index contributed by atoms with van der Waals surface area (Å²) in [7, 11) is 0.942. The van der Waals surface area contributed by atoms with Crippen LogP contribution in [-0.2, 0) is 4.57 Å². The van der Waals surface area contributed by atoms with Crippen molar-refractivity contribution in [3.8, 4) is 0 Å². The van der Waals surface area contributed by atoms with Crippen LogP contribution in [0.1, 0.15) is 96.8 Å². The van der Waals surface area contributed by atoms with E-state index in [1.54, 1.807) is 0 Å². The van der Waals surface area contributed by atoms with Gasteiger partial charge in [-0.15, -0.1) is 0 Å². The Hall–Kier alpha value is -0.450. The van der Waals surface area contributed by atoms with Gasteiger partial charge in [0, 0.05) is 0 Å². The van der Waals surface area contributed by atoms with Crippen LogP contribution in [0.15, 0.2) is 24.3 Å².